The van der Waals surface area contributed by atoms with Crippen LogP contribution in [-0.2, 0) is 5.75 Å². The number of anilines is 1. The van der Waals surface area contributed by atoms with Crippen LogP contribution in [0.1, 0.15) is 21.1 Å². The third kappa shape index (κ3) is 5.63. The number of thiazole rings is 1. The van der Waals surface area contributed by atoms with Gasteiger partial charge in [0.2, 0.25) is 0 Å². The van der Waals surface area contributed by atoms with Gasteiger partial charge in [0.25, 0.3) is 5.91 Å². The summed E-state index contributed by atoms with van der Waals surface area (Å²) in [5, 5.41) is 14.7. The molecule has 4 heterocycles. The van der Waals surface area contributed by atoms with Gasteiger partial charge in [0.1, 0.15) is 16.5 Å². The zero-order valence-electron chi connectivity index (χ0n) is 22.2. The second-order valence-corrected chi connectivity index (χ2v) is 12.2. The van der Waals surface area contributed by atoms with Gasteiger partial charge in [0.05, 0.1) is 23.4 Å². The first-order valence-electron chi connectivity index (χ1n) is 12.9. The van der Waals surface area contributed by atoms with Gasteiger partial charge in [0.15, 0.2) is 11.0 Å². The Hall–Kier alpha value is -3.67. The largest absolute Gasteiger partial charge is 0.497 e. The van der Waals surface area contributed by atoms with Crippen LogP contribution in [0.25, 0.3) is 16.4 Å². The lowest BCUT2D eigenvalue weighted by Gasteiger charge is -2.35. The molecule has 1 saturated heterocycles. The molecule has 0 bridgehead atoms. The summed E-state index contributed by atoms with van der Waals surface area (Å²) in [4.78, 5) is 23.2. The first-order chi connectivity index (χ1) is 19.6. The van der Waals surface area contributed by atoms with Crippen LogP contribution >= 0.6 is 34.4 Å². The summed E-state index contributed by atoms with van der Waals surface area (Å²) in [6, 6.07) is 20.5. The number of benzene rings is 2. The maximum absolute atomic E-state index is 13.2. The molecular weight excluding hydrogens is 561 g/mol. The second kappa shape index (κ2) is 11.8. The number of carbonyl (C=O) groups excluding carboxylic acids is 1. The number of hydrogen-bond acceptors (Lipinski definition) is 9. The highest BCUT2D eigenvalue weighted by atomic mass is 32.2. The lowest BCUT2D eigenvalue weighted by molar-refractivity contribution is 0.0741. The smallest absolute Gasteiger partial charge is 0.273 e. The van der Waals surface area contributed by atoms with Crippen molar-refractivity contribution in [3.05, 3.63) is 87.7 Å². The monoisotopic (exact) mass is 588 g/mol. The molecule has 0 atom stereocenters. The first-order valence-corrected chi connectivity index (χ1v) is 15.7. The molecule has 0 aliphatic carbocycles. The van der Waals surface area contributed by atoms with E-state index in [4.69, 9.17) is 9.72 Å². The number of rotatable bonds is 8. The molecule has 6 rings (SSSR count). The molecule has 3 aromatic heterocycles. The van der Waals surface area contributed by atoms with E-state index in [9.17, 15) is 4.79 Å². The highest BCUT2D eigenvalue weighted by Crippen LogP contribution is 2.32. The molecule has 204 valence electrons. The number of ether oxygens (including phenoxy) is 1. The van der Waals surface area contributed by atoms with Gasteiger partial charge in [-0.3, -0.25) is 9.36 Å². The Labute approximate surface area is 245 Å². The van der Waals surface area contributed by atoms with E-state index >= 15 is 0 Å². The number of piperazine rings is 1. The van der Waals surface area contributed by atoms with Crippen LogP contribution < -0.4 is 9.64 Å². The molecule has 0 radical (unpaired) electrons. The molecule has 11 heteroatoms. The Balaban J connectivity index is 1.11. The van der Waals surface area contributed by atoms with Gasteiger partial charge >= 0.3 is 0 Å². The first kappa shape index (κ1) is 26.5. The number of carbonyl (C=O) groups is 1. The lowest BCUT2D eigenvalue weighted by Crippen LogP contribution is -2.48. The number of thiophene rings is 1. The predicted octanol–water partition coefficient (Wildman–Crippen LogP) is 6.02. The van der Waals surface area contributed by atoms with Crippen molar-refractivity contribution in [3.8, 4) is 22.1 Å². The second-order valence-electron chi connectivity index (χ2n) is 9.35. The van der Waals surface area contributed by atoms with Gasteiger partial charge in [-0.05, 0) is 60.3 Å². The Morgan fingerprint density at radius 2 is 1.80 bits per heavy atom. The summed E-state index contributed by atoms with van der Waals surface area (Å²) in [6.45, 7) is 4.98. The zero-order chi connectivity index (χ0) is 27.5. The van der Waals surface area contributed by atoms with E-state index in [1.54, 1.807) is 30.2 Å². The number of thioether (sulfide) groups is 1. The molecule has 1 fully saturated rings. The number of nitrogens with zero attached hydrogens (tertiary/aromatic N) is 6. The Morgan fingerprint density at radius 3 is 2.52 bits per heavy atom. The summed E-state index contributed by atoms with van der Waals surface area (Å²) in [5.74, 6) is 2.27. The van der Waals surface area contributed by atoms with Crippen molar-refractivity contribution >= 4 is 46.0 Å². The van der Waals surface area contributed by atoms with Gasteiger partial charge in [-0.15, -0.1) is 32.9 Å². The third-order valence-electron chi connectivity index (χ3n) is 6.73. The summed E-state index contributed by atoms with van der Waals surface area (Å²) in [6.07, 6.45) is 0. The fraction of sp³-hybridized carbons (Fsp3) is 0.241. The van der Waals surface area contributed by atoms with Crippen LogP contribution in [0.2, 0.25) is 0 Å². The molecule has 2 aromatic carbocycles. The van der Waals surface area contributed by atoms with E-state index in [2.05, 4.69) is 63.0 Å². The highest BCUT2D eigenvalue weighted by molar-refractivity contribution is 7.98. The molecule has 0 spiro atoms. The van der Waals surface area contributed by atoms with Crippen LogP contribution in [0.4, 0.5) is 5.69 Å². The molecule has 1 aliphatic heterocycles. The standard InChI is InChI=1S/C29H28N6O2S3/c1-20-5-3-6-22(17-20)35-27(25-7-4-16-38-25)31-32-29(35)40-19-26-30-24(18-39-26)28(36)34-14-12-33(13-15-34)21-8-10-23(37-2)11-9-21/h3-11,16-18H,12-15,19H2,1-2H3. The van der Waals surface area contributed by atoms with Crippen LogP contribution in [0.5, 0.6) is 5.75 Å². The van der Waals surface area contributed by atoms with Crippen LogP contribution in [0.15, 0.2) is 76.6 Å². The van der Waals surface area contributed by atoms with Crippen molar-refractivity contribution in [2.45, 2.75) is 17.8 Å². The molecule has 1 aliphatic rings. The normalized spacial score (nSPS) is 13.6. The van der Waals surface area contributed by atoms with Crippen LogP contribution in [0.3, 0.4) is 0 Å². The van der Waals surface area contributed by atoms with E-state index in [-0.39, 0.29) is 5.91 Å². The van der Waals surface area contributed by atoms with E-state index in [1.807, 2.05) is 39.9 Å². The highest BCUT2D eigenvalue weighted by Gasteiger charge is 2.24. The fourth-order valence-corrected chi connectivity index (χ4v) is 7.09. The van der Waals surface area contributed by atoms with Crippen molar-refractivity contribution in [2.75, 3.05) is 38.2 Å². The van der Waals surface area contributed by atoms with Crippen molar-refractivity contribution in [3.63, 3.8) is 0 Å². The van der Waals surface area contributed by atoms with Crippen molar-refractivity contribution in [1.82, 2.24) is 24.6 Å². The van der Waals surface area contributed by atoms with Gasteiger partial charge in [-0.1, -0.05) is 30.0 Å². The molecule has 0 unspecified atom stereocenters. The Morgan fingerprint density at radius 1 is 0.975 bits per heavy atom. The van der Waals surface area contributed by atoms with Gasteiger partial charge < -0.3 is 14.5 Å². The number of amides is 1. The van der Waals surface area contributed by atoms with Crippen LogP contribution in [0, 0.1) is 6.92 Å². The Kier molecular flexibility index (Phi) is 7.85. The predicted molar refractivity (Wildman–Crippen MR) is 162 cm³/mol. The van der Waals surface area contributed by atoms with E-state index in [1.165, 1.54) is 16.9 Å². The van der Waals surface area contributed by atoms with Crippen molar-refractivity contribution < 1.29 is 9.53 Å². The molecule has 5 aromatic rings. The van der Waals surface area contributed by atoms with Gasteiger partial charge in [-0.25, -0.2) is 4.98 Å². The van der Waals surface area contributed by atoms with Crippen molar-refractivity contribution in [1.29, 1.82) is 0 Å². The molecule has 1 amide bonds. The summed E-state index contributed by atoms with van der Waals surface area (Å²) in [5.41, 5.74) is 3.85. The number of aromatic nitrogens is 4. The molecular formula is C29H28N6O2S3. The molecule has 8 nitrogen and oxygen atoms in total. The maximum Gasteiger partial charge on any atom is 0.273 e. The Bertz CT molecular complexity index is 1590. The van der Waals surface area contributed by atoms with E-state index in [0.29, 0.717) is 24.5 Å². The van der Waals surface area contributed by atoms with E-state index < -0.39 is 0 Å². The minimum absolute atomic E-state index is 0.00945. The number of hydrogen-bond donors (Lipinski definition) is 0. The summed E-state index contributed by atoms with van der Waals surface area (Å²) >= 11 is 4.74. The summed E-state index contributed by atoms with van der Waals surface area (Å²) in [7, 11) is 1.67. The van der Waals surface area contributed by atoms with Crippen LogP contribution in [-0.4, -0.2) is 63.8 Å². The third-order valence-corrected chi connectivity index (χ3v) is 9.57. The van der Waals surface area contributed by atoms with E-state index in [0.717, 1.165) is 51.1 Å². The molecule has 40 heavy (non-hydrogen) atoms. The maximum atomic E-state index is 13.2. The SMILES string of the molecule is COc1ccc(N2CCN(C(=O)c3csc(CSc4nnc(-c5cccs5)n4-c4cccc(C)c4)n3)CC2)cc1. The lowest BCUT2D eigenvalue weighted by atomic mass is 10.2. The fourth-order valence-electron chi connectivity index (χ4n) is 4.65. The minimum Gasteiger partial charge on any atom is -0.497 e. The molecule has 0 saturated carbocycles. The average Bonchev–Trinajstić information content (AvgIpc) is 3.77. The summed E-state index contributed by atoms with van der Waals surface area (Å²) < 4.78 is 7.36. The number of aryl methyl sites for hydroxylation is 1. The van der Waals surface area contributed by atoms with Gasteiger partial charge in [0, 0.05) is 37.2 Å². The zero-order valence-corrected chi connectivity index (χ0v) is 24.6. The van der Waals surface area contributed by atoms with Gasteiger partial charge in [-0.2, -0.15) is 0 Å². The topological polar surface area (TPSA) is 76.4 Å². The molecule has 0 N–H and O–H groups in total. The number of methoxy groups -OCH3 is 1. The average molecular weight is 589 g/mol. The minimum atomic E-state index is -0.00945. The van der Waals surface area contributed by atoms with Crippen molar-refractivity contribution in [2.24, 2.45) is 0 Å². The quantitative estimate of drug-likeness (QED) is 0.205.